The van der Waals surface area contributed by atoms with E-state index in [9.17, 15) is 9.59 Å². The molecule has 5 nitrogen and oxygen atoms in total. The summed E-state index contributed by atoms with van der Waals surface area (Å²) >= 11 is 0. The summed E-state index contributed by atoms with van der Waals surface area (Å²) in [5.74, 6) is 1.37. The maximum absolute atomic E-state index is 12.6. The van der Waals surface area contributed by atoms with Gasteiger partial charge in [-0.2, -0.15) is 0 Å². The minimum atomic E-state index is -0.0287. The highest BCUT2D eigenvalue weighted by atomic mass is 16.5. The van der Waals surface area contributed by atoms with E-state index in [1.165, 1.54) is 6.92 Å². The number of rotatable bonds is 8. The van der Waals surface area contributed by atoms with Gasteiger partial charge in [-0.1, -0.05) is 12.1 Å². The molecule has 0 atom stereocenters. The maximum atomic E-state index is 12.6. The van der Waals surface area contributed by atoms with E-state index in [0.29, 0.717) is 23.9 Å². The van der Waals surface area contributed by atoms with Crippen LogP contribution in [0.4, 0.5) is 0 Å². The Hall–Kier alpha value is -2.82. The van der Waals surface area contributed by atoms with Crippen LogP contribution in [0.2, 0.25) is 0 Å². The monoisotopic (exact) mass is 353 g/mol. The number of nitrogens with zero attached hydrogens (tertiary/aromatic N) is 1. The molecule has 0 unspecified atom stereocenters. The zero-order valence-corrected chi connectivity index (χ0v) is 15.1. The highest BCUT2D eigenvalue weighted by molar-refractivity contribution is 5.94. The summed E-state index contributed by atoms with van der Waals surface area (Å²) in [4.78, 5) is 25.8. The first kappa shape index (κ1) is 18.0. The summed E-state index contributed by atoms with van der Waals surface area (Å²) in [7, 11) is 1.63. The van der Waals surface area contributed by atoms with Gasteiger partial charge in [0, 0.05) is 18.2 Å². The fraction of sp³-hybridized carbons (Fsp3) is 0.333. The molecule has 0 bridgehead atoms. The third-order valence-corrected chi connectivity index (χ3v) is 4.44. The predicted octanol–water partition coefficient (Wildman–Crippen LogP) is 3.47. The van der Waals surface area contributed by atoms with Crippen LogP contribution in [0.3, 0.4) is 0 Å². The summed E-state index contributed by atoms with van der Waals surface area (Å²) in [5, 5.41) is 0. The fourth-order valence-electron chi connectivity index (χ4n) is 2.75. The van der Waals surface area contributed by atoms with Gasteiger partial charge < -0.3 is 14.4 Å². The van der Waals surface area contributed by atoms with E-state index in [1.807, 2.05) is 29.2 Å². The molecule has 0 radical (unpaired) electrons. The van der Waals surface area contributed by atoms with Crippen LogP contribution in [0.1, 0.15) is 35.7 Å². The number of benzene rings is 2. The van der Waals surface area contributed by atoms with Crippen molar-refractivity contribution in [2.24, 2.45) is 0 Å². The van der Waals surface area contributed by atoms with Crippen LogP contribution < -0.4 is 9.47 Å². The zero-order valence-electron chi connectivity index (χ0n) is 15.1. The van der Waals surface area contributed by atoms with Gasteiger partial charge in [0.1, 0.15) is 11.5 Å². The lowest BCUT2D eigenvalue weighted by atomic mass is 10.1. The molecule has 1 fully saturated rings. The first-order valence-electron chi connectivity index (χ1n) is 8.73. The Morgan fingerprint density at radius 3 is 2.15 bits per heavy atom. The average Bonchev–Trinajstić information content (AvgIpc) is 3.50. The highest BCUT2D eigenvalue weighted by Gasteiger charge is 2.32. The van der Waals surface area contributed by atoms with Crippen LogP contribution in [0.15, 0.2) is 48.5 Å². The Bertz CT molecular complexity index is 764. The van der Waals surface area contributed by atoms with E-state index in [-0.39, 0.29) is 18.3 Å². The van der Waals surface area contributed by atoms with Crippen molar-refractivity contribution >= 4 is 11.7 Å². The summed E-state index contributed by atoms with van der Waals surface area (Å²) in [5.41, 5.74) is 1.69. The van der Waals surface area contributed by atoms with Gasteiger partial charge >= 0.3 is 0 Å². The van der Waals surface area contributed by atoms with Crippen LogP contribution in [0.25, 0.3) is 0 Å². The van der Waals surface area contributed by atoms with Gasteiger partial charge in [0.25, 0.3) is 5.91 Å². The molecule has 0 spiro atoms. The number of Topliss-reactive ketones (excluding diaryl/α,β-unsaturated/α-hetero) is 1. The largest absolute Gasteiger partial charge is 0.497 e. The van der Waals surface area contributed by atoms with Gasteiger partial charge in [0.2, 0.25) is 0 Å². The fourth-order valence-corrected chi connectivity index (χ4v) is 2.75. The Labute approximate surface area is 153 Å². The maximum Gasteiger partial charge on any atom is 0.261 e. The quantitative estimate of drug-likeness (QED) is 0.682. The molecule has 2 aromatic carbocycles. The van der Waals surface area contributed by atoms with Gasteiger partial charge in [-0.05, 0) is 61.7 Å². The van der Waals surface area contributed by atoms with Crippen molar-refractivity contribution in [2.75, 3.05) is 13.7 Å². The van der Waals surface area contributed by atoms with Crippen molar-refractivity contribution in [3.63, 3.8) is 0 Å². The molecular formula is C21H23NO4. The number of ketones is 1. The molecule has 1 amide bonds. The van der Waals surface area contributed by atoms with Gasteiger partial charge in [-0.15, -0.1) is 0 Å². The number of hydrogen-bond acceptors (Lipinski definition) is 4. The summed E-state index contributed by atoms with van der Waals surface area (Å²) in [6.07, 6.45) is 2.07. The molecule has 0 saturated heterocycles. The molecule has 0 heterocycles. The van der Waals surface area contributed by atoms with Crippen molar-refractivity contribution < 1.29 is 19.1 Å². The highest BCUT2D eigenvalue weighted by Crippen LogP contribution is 2.29. The van der Waals surface area contributed by atoms with Crippen molar-refractivity contribution in [1.29, 1.82) is 0 Å². The third-order valence-electron chi connectivity index (χ3n) is 4.44. The lowest BCUT2D eigenvalue weighted by Crippen LogP contribution is -2.36. The second kappa shape index (κ2) is 8.04. The van der Waals surface area contributed by atoms with E-state index < -0.39 is 0 Å². The number of hydrogen-bond donors (Lipinski definition) is 0. The third kappa shape index (κ3) is 4.63. The van der Waals surface area contributed by atoms with Gasteiger partial charge in [-0.3, -0.25) is 9.59 Å². The normalized spacial score (nSPS) is 13.2. The number of carbonyl (C=O) groups excluding carboxylic acids is 2. The second-order valence-corrected chi connectivity index (χ2v) is 6.47. The average molecular weight is 353 g/mol. The van der Waals surface area contributed by atoms with E-state index in [0.717, 1.165) is 24.2 Å². The molecule has 5 heteroatoms. The molecule has 2 aromatic rings. The van der Waals surface area contributed by atoms with E-state index >= 15 is 0 Å². The molecule has 1 aliphatic carbocycles. The zero-order chi connectivity index (χ0) is 18.5. The van der Waals surface area contributed by atoms with Crippen molar-refractivity contribution in [2.45, 2.75) is 32.4 Å². The number of ether oxygens (including phenoxy) is 2. The first-order valence-corrected chi connectivity index (χ1v) is 8.73. The first-order chi connectivity index (χ1) is 12.6. The number of methoxy groups -OCH3 is 1. The van der Waals surface area contributed by atoms with Crippen molar-refractivity contribution in [1.82, 2.24) is 4.90 Å². The Morgan fingerprint density at radius 2 is 1.62 bits per heavy atom. The molecule has 0 aliphatic heterocycles. The van der Waals surface area contributed by atoms with Crippen LogP contribution in [-0.4, -0.2) is 36.3 Å². The molecule has 0 aromatic heterocycles. The van der Waals surface area contributed by atoms with Gasteiger partial charge in [0.05, 0.1) is 7.11 Å². The van der Waals surface area contributed by atoms with E-state index in [1.54, 1.807) is 31.4 Å². The van der Waals surface area contributed by atoms with Crippen molar-refractivity contribution in [3.8, 4) is 11.5 Å². The van der Waals surface area contributed by atoms with Crippen LogP contribution in [0.5, 0.6) is 11.5 Å². The van der Waals surface area contributed by atoms with Gasteiger partial charge in [0.15, 0.2) is 12.4 Å². The summed E-state index contributed by atoms with van der Waals surface area (Å²) < 4.78 is 10.8. The standard InChI is InChI=1S/C21H23NO4/c1-15(23)17-5-11-20(12-6-17)26-14-21(24)22(18-7-8-18)13-16-3-9-19(25-2)10-4-16/h3-6,9-12,18H,7-8,13-14H2,1-2H3. The molecule has 26 heavy (non-hydrogen) atoms. The van der Waals surface area contributed by atoms with E-state index in [4.69, 9.17) is 9.47 Å². The molecule has 1 aliphatic rings. The van der Waals surface area contributed by atoms with Crippen LogP contribution in [-0.2, 0) is 11.3 Å². The summed E-state index contributed by atoms with van der Waals surface area (Å²) in [6, 6.07) is 14.9. The SMILES string of the molecule is COc1ccc(CN(C(=O)COc2ccc(C(C)=O)cc2)C2CC2)cc1. The summed E-state index contributed by atoms with van der Waals surface area (Å²) in [6.45, 7) is 2.08. The predicted molar refractivity (Wildman–Crippen MR) is 98.5 cm³/mol. The van der Waals surface area contributed by atoms with E-state index in [2.05, 4.69) is 0 Å². The second-order valence-electron chi connectivity index (χ2n) is 6.47. The topological polar surface area (TPSA) is 55.8 Å². The molecule has 3 rings (SSSR count). The lowest BCUT2D eigenvalue weighted by Gasteiger charge is -2.23. The number of amides is 1. The molecule has 0 N–H and O–H groups in total. The van der Waals surface area contributed by atoms with Crippen LogP contribution >= 0.6 is 0 Å². The number of carbonyl (C=O) groups is 2. The molecular weight excluding hydrogens is 330 g/mol. The molecule has 136 valence electrons. The Kier molecular flexibility index (Phi) is 5.56. The molecule has 1 saturated carbocycles. The van der Waals surface area contributed by atoms with Gasteiger partial charge in [-0.25, -0.2) is 0 Å². The smallest absolute Gasteiger partial charge is 0.261 e. The Balaban J connectivity index is 1.59. The van der Waals surface area contributed by atoms with Crippen molar-refractivity contribution in [3.05, 3.63) is 59.7 Å². The lowest BCUT2D eigenvalue weighted by molar-refractivity contribution is -0.134. The van der Waals surface area contributed by atoms with Crippen LogP contribution in [0, 0.1) is 0 Å². The minimum absolute atomic E-state index is 0.00651. The minimum Gasteiger partial charge on any atom is -0.497 e. The Morgan fingerprint density at radius 1 is 1.00 bits per heavy atom.